The summed E-state index contributed by atoms with van der Waals surface area (Å²) in [5, 5.41) is 14.2. The maximum absolute atomic E-state index is 12.3. The van der Waals surface area contributed by atoms with Gasteiger partial charge in [0.25, 0.3) is 5.91 Å². The lowest BCUT2D eigenvalue weighted by Crippen LogP contribution is -2.35. The molecule has 0 aliphatic heterocycles. The monoisotopic (exact) mass is 306 g/mol. The normalized spacial score (nSPS) is 23.3. The molecule has 2 rings (SSSR count). The van der Waals surface area contributed by atoms with Gasteiger partial charge in [-0.2, -0.15) is 5.26 Å². The Morgan fingerprint density at radius 2 is 2.43 bits per heavy atom. The molecule has 1 N–H and O–H groups in total. The summed E-state index contributed by atoms with van der Waals surface area (Å²) in [6, 6.07) is 3.79. The van der Waals surface area contributed by atoms with Gasteiger partial charge in [0.1, 0.15) is 17.2 Å². The van der Waals surface area contributed by atoms with Gasteiger partial charge in [-0.05, 0) is 36.6 Å². The van der Waals surface area contributed by atoms with E-state index >= 15 is 0 Å². The summed E-state index contributed by atoms with van der Waals surface area (Å²) < 4.78 is 6.00. The fraction of sp³-hybridized carbons (Fsp3) is 0.625. The summed E-state index contributed by atoms with van der Waals surface area (Å²) in [5.41, 5.74) is 0.509. The topological polar surface area (TPSA) is 62.1 Å². The third-order valence-electron chi connectivity index (χ3n) is 3.93. The van der Waals surface area contributed by atoms with Crippen LogP contribution in [-0.4, -0.2) is 18.1 Å². The van der Waals surface area contributed by atoms with E-state index in [0.29, 0.717) is 22.9 Å². The Bertz CT molecular complexity index is 521. The quantitative estimate of drug-likeness (QED) is 0.896. The second-order valence-corrected chi connectivity index (χ2v) is 6.61. The zero-order valence-corrected chi connectivity index (χ0v) is 13.4. The highest BCUT2D eigenvalue weighted by atomic mass is 32.1. The first-order chi connectivity index (χ1) is 10.1. The van der Waals surface area contributed by atoms with E-state index in [0.717, 1.165) is 12.8 Å². The molecule has 0 bridgehead atoms. The molecule has 1 aromatic heterocycles. The number of nitrogens with zero attached hydrogens (tertiary/aromatic N) is 1. The predicted molar refractivity (Wildman–Crippen MR) is 84.2 cm³/mol. The molecule has 3 unspecified atom stereocenters. The standard InChI is InChI=1S/C16H22N2O2S/c1-3-14(20-13-6-4-5-11(2)9-13)15(19)18-16-12(10-17)7-8-21-16/h7-8,11,13-14H,3-6,9H2,1-2H3,(H,18,19). The molecule has 0 aromatic carbocycles. The minimum absolute atomic E-state index is 0.144. The summed E-state index contributed by atoms with van der Waals surface area (Å²) in [7, 11) is 0. The fourth-order valence-electron chi connectivity index (χ4n) is 2.76. The summed E-state index contributed by atoms with van der Waals surface area (Å²) >= 11 is 1.37. The smallest absolute Gasteiger partial charge is 0.254 e. The van der Waals surface area contributed by atoms with Crippen LogP contribution in [-0.2, 0) is 9.53 Å². The van der Waals surface area contributed by atoms with Crippen LogP contribution in [0, 0.1) is 17.2 Å². The number of rotatable bonds is 5. The summed E-state index contributed by atoms with van der Waals surface area (Å²) in [6.07, 6.45) is 4.89. The van der Waals surface area contributed by atoms with Crippen molar-refractivity contribution in [2.24, 2.45) is 5.92 Å². The molecule has 4 nitrogen and oxygen atoms in total. The molecule has 1 aromatic rings. The molecule has 1 saturated carbocycles. The van der Waals surface area contributed by atoms with E-state index in [1.54, 1.807) is 11.4 Å². The first-order valence-corrected chi connectivity index (χ1v) is 8.45. The highest BCUT2D eigenvalue weighted by Gasteiger charge is 2.26. The van der Waals surface area contributed by atoms with Gasteiger partial charge in [-0.1, -0.05) is 26.7 Å². The van der Waals surface area contributed by atoms with Gasteiger partial charge in [0.2, 0.25) is 0 Å². The molecule has 1 fully saturated rings. The van der Waals surface area contributed by atoms with Crippen molar-refractivity contribution in [2.75, 3.05) is 5.32 Å². The van der Waals surface area contributed by atoms with E-state index in [-0.39, 0.29) is 12.0 Å². The molecule has 0 radical (unpaired) electrons. The second-order valence-electron chi connectivity index (χ2n) is 5.69. The second kappa shape index (κ2) is 7.58. The Hall–Kier alpha value is -1.38. The molecule has 1 heterocycles. The molecule has 1 aliphatic carbocycles. The van der Waals surface area contributed by atoms with Gasteiger partial charge in [0.15, 0.2) is 0 Å². The Kier molecular flexibility index (Phi) is 5.77. The van der Waals surface area contributed by atoms with Crippen LogP contribution >= 0.6 is 11.3 Å². The minimum Gasteiger partial charge on any atom is -0.365 e. The van der Waals surface area contributed by atoms with Crippen LogP contribution in [0.15, 0.2) is 11.4 Å². The van der Waals surface area contributed by atoms with E-state index in [9.17, 15) is 4.79 Å². The lowest BCUT2D eigenvalue weighted by molar-refractivity contribution is -0.133. The van der Waals surface area contributed by atoms with Gasteiger partial charge in [0.05, 0.1) is 11.7 Å². The molecular weight excluding hydrogens is 284 g/mol. The maximum atomic E-state index is 12.3. The third kappa shape index (κ3) is 4.29. The maximum Gasteiger partial charge on any atom is 0.254 e. The van der Waals surface area contributed by atoms with Crippen LogP contribution in [0.1, 0.15) is 51.5 Å². The molecular formula is C16H22N2O2S. The van der Waals surface area contributed by atoms with Gasteiger partial charge in [-0.25, -0.2) is 0 Å². The van der Waals surface area contributed by atoms with Gasteiger partial charge in [-0.3, -0.25) is 4.79 Å². The number of anilines is 1. The highest BCUT2D eigenvalue weighted by Crippen LogP contribution is 2.28. The number of amides is 1. The average Bonchev–Trinajstić information content (AvgIpc) is 2.91. The number of carbonyl (C=O) groups is 1. The Morgan fingerprint density at radius 1 is 1.62 bits per heavy atom. The van der Waals surface area contributed by atoms with E-state index in [1.807, 2.05) is 6.92 Å². The lowest BCUT2D eigenvalue weighted by atomic mass is 9.88. The summed E-state index contributed by atoms with van der Waals surface area (Å²) in [4.78, 5) is 12.3. The van der Waals surface area contributed by atoms with E-state index < -0.39 is 6.10 Å². The average molecular weight is 306 g/mol. The van der Waals surface area contributed by atoms with Gasteiger partial charge < -0.3 is 10.1 Å². The molecule has 0 saturated heterocycles. The van der Waals surface area contributed by atoms with Crippen molar-refractivity contribution < 1.29 is 9.53 Å². The van der Waals surface area contributed by atoms with Crippen LogP contribution in [0.5, 0.6) is 0 Å². The highest BCUT2D eigenvalue weighted by molar-refractivity contribution is 7.14. The molecule has 3 atom stereocenters. The Balaban J connectivity index is 1.94. The van der Waals surface area contributed by atoms with Crippen LogP contribution < -0.4 is 5.32 Å². The van der Waals surface area contributed by atoms with Crippen molar-refractivity contribution in [3.8, 4) is 6.07 Å². The number of hydrogen-bond donors (Lipinski definition) is 1. The first-order valence-electron chi connectivity index (χ1n) is 7.58. The van der Waals surface area contributed by atoms with Crippen LogP contribution in [0.25, 0.3) is 0 Å². The van der Waals surface area contributed by atoms with Crippen molar-refractivity contribution in [1.29, 1.82) is 5.26 Å². The van der Waals surface area contributed by atoms with Crippen LogP contribution in [0.3, 0.4) is 0 Å². The lowest BCUT2D eigenvalue weighted by Gasteiger charge is -2.29. The van der Waals surface area contributed by atoms with E-state index in [2.05, 4.69) is 18.3 Å². The van der Waals surface area contributed by atoms with Crippen LogP contribution in [0.4, 0.5) is 5.00 Å². The van der Waals surface area contributed by atoms with Gasteiger partial charge >= 0.3 is 0 Å². The van der Waals surface area contributed by atoms with Crippen LogP contribution in [0.2, 0.25) is 0 Å². The third-order valence-corrected chi connectivity index (χ3v) is 4.76. The van der Waals surface area contributed by atoms with Gasteiger partial charge in [-0.15, -0.1) is 11.3 Å². The molecule has 114 valence electrons. The zero-order valence-electron chi connectivity index (χ0n) is 12.6. The van der Waals surface area contributed by atoms with E-state index in [4.69, 9.17) is 10.00 Å². The first kappa shape index (κ1) is 16.0. The summed E-state index contributed by atoms with van der Waals surface area (Å²) in [5.74, 6) is 0.529. The molecule has 1 amide bonds. The van der Waals surface area contributed by atoms with Crippen molar-refractivity contribution in [2.45, 2.75) is 58.2 Å². The summed E-state index contributed by atoms with van der Waals surface area (Å²) in [6.45, 7) is 4.19. The Morgan fingerprint density at radius 3 is 3.10 bits per heavy atom. The van der Waals surface area contributed by atoms with E-state index in [1.165, 1.54) is 24.2 Å². The van der Waals surface area contributed by atoms with Crippen molar-refractivity contribution in [1.82, 2.24) is 0 Å². The van der Waals surface area contributed by atoms with Gasteiger partial charge in [0, 0.05) is 0 Å². The largest absolute Gasteiger partial charge is 0.365 e. The molecule has 1 aliphatic rings. The van der Waals surface area contributed by atoms with Crippen molar-refractivity contribution >= 4 is 22.2 Å². The SMILES string of the molecule is CCC(OC1CCCC(C)C1)C(=O)Nc1sccc1C#N. The van der Waals surface area contributed by atoms with Crippen molar-refractivity contribution in [3.63, 3.8) is 0 Å². The number of hydrogen-bond acceptors (Lipinski definition) is 4. The molecule has 5 heteroatoms. The van der Waals surface area contributed by atoms with Crippen molar-refractivity contribution in [3.05, 3.63) is 17.0 Å². The number of nitrogens with one attached hydrogen (secondary N) is 1. The number of nitriles is 1. The molecule has 0 spiro atoms. The molecule has 21 heavy (non-hydrogen) atoms. The fourth-order valence-corrected chi connectivity index (χ4v) is 3.50. The Labute approximate surface area is 130 Å². The number of ether oxygens (including phenoxy) is 1. The predicted octanol–water partition coefficient (Wildman–Crippen LogP) is 3.93. The number of thiophene rings is 1. The minimum atomic E-state index is -0.436. The zero-order chi connectivity index (χ0) is 15.2. The number of carbonyl (C=O) groups excluding carboxylic acids is 1.